The van der Waals surface area contributed by atoms with Gasteiger partial charge in [-0.1, -0.05) is 0 Å². The van der Waals surface area contributed by atoms with E-state index < -0.39 is 0 Å². The number of hydrogen-bond donors (Lipinski definition) is 1. The van der Waals surface area contributed by atoms with Crippen LogP contribution in [0.25, 0.3) is 0 Å². The second-order valence-corrected chi connectivity index (χ2v) is 6.07. The largest absolute Gasteiger partial charge is 0.380 e. The van der Waals surface area contributed by atoms with E-state index in [4.69, 9.17) is 4.74 Å². The Kier molecular flexibility index (Phi) is 3.99. The van der Waals surface area contributed by atoms with Gasteiger partial charge in [0, 0.05) is 25.7 Å². The molecule has 0 amide bonds. The maximum atomic E-state index is 5.75. The van der Waals surface area contributed by atoms with Crippen LogP contribution in [-0.4, -0.2) is 50.3 Å². The second-order valence-electron chi connectivity index (χ2n) is 6.07. The van der Waals surface area contributed by atoms with Crippen molar-refractivity contribution in [2.75, 3.05) is 39.4 Å². The van der Waals surface area contributed by atoms with E-state index in [9.17, 15) is 0 Å². The number of nitrogens with one attached hydrogen (secondary N) is 1. The topological polar surface area (TPSA) is 24.5 Å². The molecule has 3 rings (SSSR count). The Hall–Kier alpha value is -0.120. The molecule has 3 fully saturated rings. The van der Waals surface area contributed by atoms with Crippen LogP contribution in [0.3, 0.4) is 0 Å². The number of ether oxygens (including phenoxy) is 1. The van der Waals surface area contributed by atoms with E-state index in [1.165, 1.54) is 51.7 Å². The van der Waals surface area contributed by atoms with Crippen molar-refractivity contribution in [2.24, 2.45) is 11.8 Å². The van der Waals surface area contributed by atoms with Crippen LogP contribution in [0.1, 0.15) is 32.1 Å². The fourth-order valence-electron chi connectivity index (χ4n) is 2.77. The van der Waals surface area contributed by atoms with Gasteiger partial charge in [0.2, 0.25) is 0 Å². The maximum absolute atomic E-state index is 5.75. The zero-order chi connectivity index (χ0) is 11.5. The third kappa shape index (κ3) is 3.94. The third-order valence-electron chi connectivity index (χ3n) is 4.31. The Labute approximate surface area is 105 Å². The highest BCUT2D eigenvalue weighted by Crippen LogP contribution is 2.33. The Morgan fingerprint density at radius 3 is 2.82 bits per heavy atom. The summed E-state index contributed by atoms with van der Waals surface area (Å²) in [6, 6.07) is 0.765. The standard InChI is InChI=1S/C14H26N2O/c1-6-15-14(13-4-5-13)10-16(7-1)8-9-17-11-12-2-3-12/h12-15H,1-11H2. The summed E-state index contributed by atoms with van der Waals surface area (Å²) in [5.74, 6) is 1.88. The van der Waals surface area contributed by atoms with E-state index in [0.29, 0.717) is 0 Å². The minimum absolute atomic E-state index is 0.765. The average Bonchev–Trinajstić information content (AvgIpc) is 3.21. The van der Waals surface area contributed by atoms with Gasteiger partial charge in [0.1, 0.15) is 0 Å². The van der Waals surface area contributed by atoms with Crippen LogP contribution < -0.4 is 5.32 Å². The molecule has 1 heterocycles. The van der Waals surface area contributed by atoms with Crippen molar-refractivity contribution < 1.29 is 4.74 Å². The van der Waals surface area contributed by atoms with Crippen molar-refractivity contribution in [3.63, 3.8) is 0 Å². The smallest absolute Gasteiger partial charge is 0.0593 e. The van der Waals surface area contributed by atoms with Crippen LogP contribution in [0, 0.1) is 11.8 Å². The first-order valence-corrected chi connectivity index (χ1v) is 7.45. The molecule has 2 aliphatic carbocycles. The quantitative estimate of drug-likeness (QED) is 0.710. The fourth-order valence-corrected chi connectivity index (χ4v) is 2.77. The predicted molar refractivity (Wildman–Crippen MR) is 69.1 cm³/mol. The van der Waals surface area contributed by atoms with E-state index >= 15 is 0 Å². The van der Waals surface area contributed by atoms with Crippen molar-refractivity contribution in [1.29, 1.82) is 0 Å². The van der Waals surface area contributed by atoms with Gasteiger partial charge in [-0.2, -0.15) is 0 Å². The number of rotatable bonds is 6. The number of nitrogens with zero attached hydrogens (tertiary/aromatic N) is 1. The fraction of sp³-hybridized carbons (Fsp3) is 1.00. The molecule has 0 aromatic rings. The highest BCUT2D eigenvalue weighted by molar-refractivity contribution is 4.90. The lowest BCUT2D eigenvalue weighted by molar-refractivity contribution is 0.0949. The van der Waals surface area contributed by atoms with E-state index in [1.807, 2.05) is 0 Å². The maximum Gasteiger partial charge on any atom is 0.0593 e. The lowest BCUT2D eigenvalue weighted by atomic mass is 10.2. The highest BCUT2D eigenvalue weighted by Gasteiger charge is 2.32. The molecular formula is C14H26N2O. The van der Waals surface area contributed by atoms with E-state index in [-0.39, 0.29) is 0 Å². The van der Waals surface area contributed by atoms with Crippen molar-refractivity contribution >= 4 is 0 Å². The lowest BCUT2D eigenvalue weighted by Crippen LogP contribution is -2.40. The van der Waals surface area contributed by atoms with Gasteiger partial charge in [0.05, 0.1) is 6.61 Å². The van der Waals surface area contributed by atoms with Gasteiger partial charge in [-0.25, -0.2) is 0 Å². The summed E-state index contributed by atoms with van der Waals surface area (Å²) in [5, 5.41) is 3.71. The Bertz CT molecular complexity index is 238. The number of hydrogen-bond acceptors (Lipinski definition) is 3. The van der Waals surface area contributed by atoms with Crippen molar-refractivity contribution in [3.05, 3.63) is 0 Å². The molecule has 1 unspecified atom stereocenters. The second kappa shape index (κ2) is 5.68. The molecule has 98 valence electrons. The Morgan fingerprint density at radius 2 is 2.06 bits per heavy atom. The molecule has 0 aromatic heterocycles. The summed E-state index contributed by atoms with van der Waals surface area (Å²) < 4.78 is 5.75. The van der Waals surface area contributed by atoms with Gasteiger partial charge in [0.25, 0.3) is 0 Å². The van der Waals surface area contributed by atoms with Crippen LogP contribution in [0.5, 0.6) is 0 Å². The van der Waals surface area contributed by atoms with E-state index in [0.717, 1.165) is 37.6 Å². The van der Waals surface area contributed by atoms with Gasteiger partial charge < -0.3 is 10.1 Å². The first-order valence-electron chi connectivity index (χ1n) is 7.45. The van der Waals surface area contributed by atoms with Crippen LogP contribution >= 0.6 is 0 Å². The molecule has 2 saturated carbocycles. The molecule has 1 aliphatic heterocycles. The molecule has 0 spiro atoms. The molecule has 17 heavy (non-hydrogen) atoms. The zero-order valence-electron chi connectivity index (χ0n) is 10.9. The molecule has 1 saturated heterocycles. The molecule has 0 radical (unpaired) electrons. The van der Waals surface area contributed by atoms with Gasteiger partial charge in [0.15, 0.2) is 0 Å². The molecule has 3 aliphatic rings. The molecule has 3 heteroatoms. The molecule has 3 nitrogen and oxygen atoms in total. The summed E-state index contributed by atoms with van der Waals surface area (Å²) in [4.78, 5) is 2.61. The molecular weight excluding hydrogens is 212 g/mol. The van der Waals surface area contributed by atoms with Gasteiger partial charge in [-0.3, -0.25) is 4.90 Å². The minimum atomic E-state index is 0.765. The first kappa shape index (κ1) is 11.9. The van der Waals surface area contributed by atoms with Crippen LogP contribution in [0.2, 0.25) is 0 Å². The molecule has 1 atom stereocenters. The predicted octanol–water partition coefficient (Wildman–Crippen LogP) is 1.49. The van der Waals surface area contributed by atoms with Crippen LogP contribution in [0.4, 0.5) is 0 Å². The monoisotopic (exact) mass is 238 g/mol. The summed E-state index contributed by atoms with van der Waals surface area (Å²) in [6.07, 6.45) is 6.99. The van der Waals surface area contributed by atoms with Crippen LogP contribution in [0.15, 0.2) is 0 Å². The Balaban J connectivity index is 1.34. The SMILES string of the molecule is C1CNC(C2CC2)CN(CCOCC2CC2)C1. The summed E-state index contributed by atoms with van der Waals surface area (Å²) in [5.41, 5.74) is 0. The third-order valence-corrected chi connectivity index (χ3v) is 4.31. The van der Waals surface area contributed by atoms with Gasteiger partial charge in [-0.05, 0) is 57.0 Å². The minimum Gasteiger partial charge on any atom is -0.380 e. The molecule has 0 aromatic carbocycles. The van der Waals surface area contributed by atoms with Crippen molar-refractivity contribution in [2.45, 2.75) is 38.1 Å². The van der Waals surface area contributed by atoms with Crippen LogP contribution in [-0.2, 0) is 4.74 Å². The van der Waals surface area contributed by atoms with Gasteiger partial charge >= 0.3 is 0 Å². The van der Waals surface area contributed by atoms with Crippen molar-refractivity contribution in [3.8, 4) is 0 Å². The summed E-state index contributed by atoms with van der Waals surface area (Å²) in [7, 11) is 0. The summed E-state index contributed by atoms with van der Waals surface area (Å²) in [6.45, 7) is 6.80. The first-order chi connectivity index (χ1) is 8.42. The summed E-state index contributed by atoms with van der Waals surface area (Å²) >= 11 is 0. The lowest BCUT2D eigenvalue weighted by Gasteiger charge is -2.24. The Morgan fingerprint density at radius 1 is 1.18 bits per heavy atom. The normalized spacial score (nSPS) is 31.4. The van der Waals surface area contributed by atoms with Crippen molar-refractivity contribution in [1.82, 2.24) is 10.2 Å². The van der Waals surface area contributed by atoms with E-state index in [1.54, 1.807) is 0 Å². The average molecular weight is 238 g/mol. The van der Waals surface area contributed by atoms with Gasteiger partial charge in [-0.15, -0.1) is 0 Å². The molecule has 1 N–H and O–H groups in total. The molecule has 0 bridgehead atoms. The zero-order valence-corrected chi connectivity index (χ0v) is 10.9. The highest BCUT2D eigenvalue weighted by atomic mass is 16.5. The van der Waals surface area contributed by atoms with E-state index in [2.05, 4.69) is 10.2 Å².